The molecule has 0 unspecified atom stereocenters. The molecule has 214 valence electrons. The van der Waals surface area contributed by atoms with E-state index < -0.39 is 28.5 Å². The van der Waals surface area contributed by atoms with Gasteiger partial charge in [-0.15, -0.1) is 0 Å². The van der Waals surface area contributed by atoms with E-state index in [0.717, 1.165) is 16.3 Å². The number of carbonyl (C=O) groups excluding carboxylic acids is 2. The lowest BCUT2D eigenvalue weighted by Crippen LogP contribution is -2.52. The van der Waals surface area contributed by atoms with E-state index in [-0.39, 0.29) is 33.8 Å². The molecule has 1 atom stereocenters. The Balaban J connectivity index is 2.10. The monoisotopic (exact) mass is 605 g/mol. The topological polar surface area (TPSA) is 96.0 Å². The largest absolute Gasteiger partial charge is 0.495 e. The second kappa shape index (κ2) is 14.4. The van der Waals surface area contributed by atoms with Crippen molar-refractivity contribution in [1.82, 2.24) is 10.2 Å². The molecule has 0 saturated heterocycles. The number of amides is 2. The maximum Gasteiger partial charge on any atom is 0.264 e. The van der Waals surface area contributed by atoms with Crippen molar-refractivity contribution < 1.29 is 22.7 Å². The Morgan fingerprint density at radius 1 is 0.950 bits per heavy atom. The third kappa shape index (κ3) is 7.68. The Morgan fingerprint density at radius 2 is 1.60 bits per heavy atom. The van der Waals surface area contributed by atoms with E-state index in [1.54, 1.807) is 55.5 Å². The molecule has 0 aliphatic heterocycles. The van der Waals surface area contributed by atoms with E-state index in [4.69, 9.17) is 27.9 Å². The number of anilines is 1. The lowest BCUT2D eigenvalue weighted by molar-refractivity contribution is -0.140. The second-order valence-electron chi connectivity index (χ2n) is 9.00. The number of hydrogen-bond donors (Lipinski definition) is 1. The summed E-state index contributed by atoms with van der Waals surface area (Å²) in [5.74, 6) is -0.673. The van der Waals surface area contributed by atoms with Gasteiger partial charge in [0.05, 0.1) is 17.7 Å². The minimum Gasteiger partial charge on any atom is -0.495 e. The van der Waals surface area contributed by atoms with Gasteiger partial charge in [0.1, 0.15) is 18.3 Å². The molecule has 0 radical (unpaired) electrons. The Bertz CT molecular complexity index is 1400. The highest BCUT2D eigenvalue weighted by Gasteiger charge is 2.34. The van der Waals surface area contributed by atoms with Gasteiger partial charge in [0.2, 0.25) is 11.8 Å². The van der Waals surface area contributed by atoms with Gasteiger partial charge in [-0.2, -0.15) is 0 Å². The molecule has 3 rings (SSSR count). The highest BCUT2D eigenvalue weighted by Crippen LogP contribution is 2.35. The molecule has 0 saturated carbocycles. The second-order valence-corrected chi connectivity index (χ2v) is 11.7. The van der Waals surface area contributed by atoms with E-state index in [1.165, 1.54) is 36.3 Å². The molecule has 3 aromatic rings. The van der Waals surface area contributed by atoms with Gasteiger partial charge >= 0.3 is 0 Å². The third-order valence-corrected chi connectivity index (χ3v) is 8.48. The molecule has 11 heteroatoms. The SMILES string of the molecule is CCCNC(=O)[C@@H](CC)N(Cc1ccc(Cl)cc1)C(=O)CN(c1cc(Cl)ccc1OC)S(=O)(=O)c1ccccc1. The molecule has 0 aliphatic rings. The van der Waals surface area contributed by atoms with Gasteiger partial charge in [-0.3, -0.25) is 13.9 Å². The van der Waals surface area contributed by atoms with Crippen molar-refractivity contribution in [1.29, 1.82) is 0 Å². The van der Waals surface area contributed by atoms with Crippen molar-refractivity contribution in [3.63, 3.8) is 0 Å². The molecular formula is C29H33Cl2N3O5S. The summed E-state index contributed by atoms with van der Waals surface area (Å²) in [5.41, 5.74) is 0.833. The van der Waals surface area contributed by atoms with Crippen LogP contribution in [0.4, 0.5) is 5.69 Å². The van der Waals surface area contributed by atoms with Crippen LogP contribution in [0.5, 0.6) is 5.75 Å². The number of carbonyl (C=O) groups is 2. The first-order valence-corrected chi connectivity index (χ1v) is 15.0. The normalized spacial score (nSPS) is 11.9. The molecule has 2 amide bonds. The zero-order valence-electron chi connectivity index (χ0n) is 22.6. The molecule has 8 nitrogen and oxygen atoms in total. The minimum atomic E-state index is -4.25. The van der Waals surface area contributed by atoms with Crippen LogP contribution in [0.1, 0.15) is 32.3 Å². The van der Waals surface area contributed by atoms with E-state index in [0.29, 0.717) is 18.0 Å². The molecule has 0 fully saturated rings. The standard InChI is InChI=1S/C29H33Cl2N3O5S/c1-4-17-32-29(36)25(5-2)33(19-21-11-13-22(30)14-12-21)28(35)20-34(26-18-23(31)15-16-27(26)39-3)40(37,38)24-9-7-6-8-10-24/h6-16,18,25H,4-5,17,19-20H2,1-3H3,(H,32,36)/t25-/m1/s1. The van der Waals surface area contributed by atoms with Crippen LogP contribution < -0.4 is 14.4 Å². The Hall–Kier alpha value is -3.27. The Kier molecular flexibility index (Phi) is 11.2. The zero-order chi connectivity index (χ0) is 29.3. The highest BCUT2D eigenvalue weighted by molar-refractivity contribution is 7.92. The van der Waals surface area contributed by atoms with E-state index in [1.807, 2.05) is 6.92 Å². The van der Waals surface area contributed by atoms with Gasteiger partial charge in [0.25, 0.3) is 10.0 Å². The molecule has 40 heavy (non-hydrogen) atoms. The van der Waals surface area contributed by atoms with Gasteiger partial charge in [0.15, 0.2) is 0 Å². The number of rotatable bonds is 13. The number of nitrogens with one attached hydrogen (secondary N) is 1. The van der Waals surface area contributed by atoms with Gasteiger partial charge < -0.3 is 15.0 Å². The number of sulfonamides is 1. The first kappa shape index (κ1) is 31.3. The van der Waals surface area contributed by atoms with Crippen molar-refractivity contribution in [3.05, 3.63) is 88.4 Å². The van der Waals surface area contributed by atoms with Crippen LogP contribution in [0.25, 0.3) is 0 Å². The van der Waals surface area contributed by atoms with Crippen molar-refractivity contribution in [2.45, 2.75) is 44.2 Å². The summed E-state index contributed by atoms with van der Waals surface area (Å²) in [6.07, 6.45) is 1.05. The highest BCUT2D eigenvalue weighted by atomic mass is 35.5. The summed E-state index contributed by atoms with van der Waals surface area (Å²) in [7, 11) is -2.85. The Labute approximate surface area is 245 Å². The number of ether oxygens (including phenoxy) is 1. The lowest BCUT2D eigenvalue weighted by atomic mass is 10.1. The van der Waals surface area contributed by atoms with Crippen molar-refractivity contribution in [2.75, 3.05) is 24.5 Å². The predicted molar refractivity (Wildman–Crippen MR) is 158 cm³/mol. The maximum atomic E-state index is 14.1. The van der Waals surface area contributed by atoms with Crippen LogP contribution >= 0.6 is 23.2 Å². The predicted octanol–water partition coefficient (Wildman–Crippen LogP) is 5.53. The summed E-state index contributed by atoms with van der Waals surface area (Å²) in [4.78, 5) is 28.6. The fourth-order valence-corrected chi connectivity index (χ4v) is 5.89. The molecule has 0 aliphatic carbocycles. The van der Waals surface area contributed by atoms with Gasteiger partial charge in [0, 0.05) is 23.1 Å². The van der Waals surface area contributed by atoms with Crippen molar-refractivity contribution in [2.24, 2.45) is 0 Å². The molecule has 0 aromatic heterocycles. The quantitative estimate of drug-likeness (QED) is 0.276. The fraction of sp³-hybridized carbons (Fsp3) is 0.310. The van der Waals surface area contributed by atoms with Crippen molar-refractivity contribution >= 4 is 50.7 Å². The number of halogens is 2. The number of nitrogens with zero attached hydrogens (tertiary/aromatic N) is 2. The molecule has 0 heterocycles. The summed E-state index contributed by atoms with van der Waals surface area (Å²) < 4.78 is 34.3. The van der Waals surface area contributed by atoms with Gasteiger partial charge in [-0.25, -0.2) is 8.42 Å². The summed E-state index contributed by atoms with van der Waals surface area (Å²) >= 11 is 12.3. The number of hydrogen-bond acceptors (Lipinski definition) is 5. The minimum absolute atomic E-state index is 0.0122. The maximum absolute atomic E-state index is 14.1. The molecular weight excluding hydrogens is 573 g/mol. The average Bonchev–Trinajstić information content (AvgIpc) is 2.95. The lowest BCUT2D eigenvalue weighted by Gasteiger charge is -2.33. The van der Waals surface area contributed by atoms with Crippen LogP contribution in [0, 0.1) is 0 Å². The molecule has 0 spiro atoms. The van der Waals surface area contributed by atoms with Gasteiger partial charge in [-0.05, 0) is 60.9 Å². The summed E-state index contributed by atoms with van der Waals surface area (Å²) in [6.45, 7) is 3.66. The van der Waals surface area contributed by atoms with Crippen LogP contribution in [-0.4, -0.2) is 51.4 Å². The zero-order valence-corrected chi connectivity index (χ0v) is 25.0. The third-order valence-electron chi connectivity index (χ3n) is 6.22. The van der Waals surface area contributed by atoms with Crippen LogP contribution in [-0.2, 0) is 26.2 Å². The average molecular weight is 607 g/mol. The number of benzene rings is 3. The van der Waals surface area contributed by atoms with Crippen LogP contribution in [0.3, 0.4) is 0 Å². The van der Waals surface area contributed by atoms with Crippen LogP contribution in [0.2, 0.25) is 10.0 Å². The van der Waals surface area contributed by atoms with Crippen molar-refractivity contribution in [3.8, 4) is 5.75 Å². The molecule has 0 bridgehead atoms. The fourth-order valence-electron chi connectivity index (χ4n) is 4.16. The first-order valence-electron chi connectivity index (χ1n) is 12.8. The molecule has 3 aromatic carbocycles. The first-order chi connectivity index (χ1) is 19.1. The Morgan fingerprint density at radius 3 is 2.20 bits per heavy atom. The van der Waals surface area contributed by atoms with E-state index >= 15 is 0 Å². The van der Waals surface area contributed by atoms with Gasteiger partial charge in [-0.1, -0.05) is 67.4 Å². The summed E-state index contributed by atoms with van der Waals surface area (Å²) in [6, 6.07) is 18.4. The number of methoxy groups -OCH3 is 1. The van der Waals surface area contributed by atoms with E-state index in [2.05, 4.69) is 5.32 Å². The van der Waals surface area contributed by atoms with Crippen LogP contribution in [0.15, 0.2) is 77.7 Å². The van der Waals surface area contributed by atoms with E-state index in [9.17, 15) is 18.0 Å². The summed E-state index contributed by atoms with van der Waals surface area (Å²) in [5, 5.41) is 3.65. The smallest absolute Gasteiger partial charge is 0.264 e. The molecule has 1 N–H and O–H groups in total.